The van der Waals surface area contributed by atoms with Gasteiger partial charge in [0.05, 0.1) is 0 Å². The molecule has 0 spiro atoms. The number of rotatable bonds is 9. The highest BCUT2D eigenvalue weighted by Gasteiger charge is 2.40. The first-order chi connectivity index (χ1) is 42.1. The second-order valence-electron chi connectivity index (χ2n) is 22.8. The summed E-state index contributed by atoms with van der Waals surface area (Å²) in [6.45, 7) is 9.11. The first kappa shape index (κ1) is 54.1. The number of fused-ring (bicyclic) bond motifs is 14. The van der Waals surface area contributed by atoms with Crippen LogP contribution in [0.1, 0.15) is 49.9 Å². The van der Waals surface area contributed by atoms with E-state index in [4.69, 9.17) is 18.5 Å². The Labute approximate surface area is 510 Å². The molecule has 415 valence electrons. The fourth-order valence-electron chi connectivity index (χ4n) is 13.1. The van der Waals surface area contributed by atoms with E-state index in [1.54, 1.807) is 6.07 Å². The molecule has 1 radical (unpaired) electrons. The minimum atomic E-state index is -0.135. The van der Waals surface area contributed by atoms with Crippen LogP contribution in [0.5, 0.6) is 5.75 Å². The van der Waals surface area contributed by atoms with Crippen molar-refractivity contribution >= 4 is 102 Å². The van der Waals surface area contributed by atoms with Gasteiger partial charge in [-0.2, -0.15) is 0 Å². The van der Waals surface area contributed by atoms with E-state index in [0.29, 0.717) is 19.0 Å². The summed E-state index contributed by atoms with van der Waals surface area (Å²) >= 11 is 3.49. The van der Waals surface area contributed by atoms with Crippen LogP contribution >= 0.6 is 15.9 Å². The number of hydrogen-bond donors (Lipinski definition) is 1. The van der Waals surface area contributed by atoms with Crippen LogP contribution in [-0.2, 0) is 10.8 Å². The lowest BCUT2D eigenvalue weighted by Crippen LogP contribution is -2.15. The van der Waals surface area contributed by atoms with Crippen LogP contribution in [0.15, 0.2) is 292 Å². The predicted molar refractivity (Wildman–Crippen MR) is 360 cm³/mol. The van der Waals surface area contributed by atoms with Gasteiger partial charge in [0.15, 0.2) is 5.58 Å². The Kier molecular flexibility index (Phi) is 14.0. The van der Waals surface area contributed by atoms with E-state index < -0.39 is 0 Å². The molecule has 0 atom stereocenters. The van der Waals surface area contributed by atoms with E-state index in [9.17, 15) is 0 Å². The van der Waals surface area contributed by atoms with Gasteiger partial charge >= 0.3 is 7.69 Å². The first-order valence-electron chi connectivity index (χ1n) is 29.0. The summed E-state index contributed by atoms with van der Waals surface area (Å²) in [7, 11) is 0.687. The maximum absolute atomic E-state index is 9.02. The van der Waals surface area contributed by atoms with Gasteiger partial charge in [-0.25, -0.2) is 0 Å². The highest BCUT2D eigenvalue weighted by atomic mass is 79.9. The summed E-state index contributed by atoms with van der Waals surface area (Å²) in [4.78, 5) is 4.53. The minimum absolute atomic E-state index is 0.126. The molecule has 0 bridgehead atoms. The van der Waals surface area contributed by atoms with Crippen molar-refractivity contribution in [2.75, 3.05) is 9.80 Å². The molecule has 14 aromatic rings. The Morgan fingerprint density at radius 3 is 1.15 bits per heavy atom. The van der Waals surface area contributed by atoms with Crippen LogP contribution < -0.4 is 14.5 Å². The number of anilines is 6. The Balaban J connectivity index is 0.000000124. The Morgan fingerprint density at radius 1 is 0.337 bits per heavy atom. The molecule has 0 unspecified atom stereocenters. The highest BCUT2D eigenvalue weighted by molar-refractivity contribution is 9.10. The predicted octanol–water partition coefficient (Wildman–Crippen LogP) is 21.7. The molecule has 6 nitrogen and oxygen atoms in total. The normalized spacial score (nSPS) is 13.0. The van der Waals surface area contributed by atoms with Crippen molar-refractivity contribution < 1.29 is 18.5 Å². The van der Waals surface area contributed by atoms with Crippen LogP contribution in [0, 0.1) is 0 Å². The van der Waals surface area contributed by atoms with Crippen molar-refractivity contribution in [2.24, 2.45) is 0 Å². The third-order valence-corrected chi connectivity index (χ3v) is 17.6. The summed E-state index contributed by atoms with van der Waals surface area (Å²) in [5, 5.41) is 13.4. The maximum Gasteiger partial charge on any atom is 0.569 e. The number of hydrogen-bond acceptors (Lipinski definition) is 6. The molecule has 0 aliphatic heterocycles. The van der Waals surface area contributed by atoms with Gasteiger partial charge in [0.1, 0.15) is 22.5 Å². The van der Waals surface area contributed by atoms with Crippen LogP contribution in [0.25, 0.3) is 77.3 Å². The van der Waals surface area contributed by atoms with Gasteiger partial charge in [-0.15, -0.1) is 0 Å². The molecule has 2 aliphatic carbocycles. The lowest BCUT2D eigenvalue weighted by Gasteiger charge is -2.25. The lowest BCUT2D eigenvalue weighted by atomic mass is 9.82. The van der Waals surface area contributed by atoms with E-state index in [1.807, 2.05) is 24.3 Å². The van der Waals surface area contributed by atoms with Gasteiger partial charge < -0.3 is 28.3 Å². The SMILES string of the molecule is Brc1ccc(N(c2ccccc2)c2ccccc2)cc1.CC1(C)c2ccccc2-c2ccc3c(oc4c(-c5ccc(N(c6ccccc6)c6ccccc6)cc5)cccc43)c21.CC1(C)c2ccccc2-c2ccc3c(oc4c(O[B]O)cccc43)c21. The zero-order chi connectivity index (χ0) is 58.5. The molecule has 1 N–H and O–H groups in total. The van der Waals surface area contributed by atoms with Crippen LogP contribution in [-0.4, -0.2) is 12.7 Å². The van der Waals surface area contributed by atoms with Crippen molar-refractivity contribution in [1.29, 1.82) is 0 Å². The first-order valence-corrected chi connectivity index (χ1v) is 29.8. The third-order valence-electron chi connectivity index (χ3n) is 17.1. The summed E-state index contributed by atoms with van der Waals surface area (Å²) in [5.74, 6) is 0.512. The number of benzene rings is 12. The lowest BCUT2D eigenvalue weighted by molar-refractivity contribution is 0.451. The van der Waals surface area contributed by atoms with Crippen molar-refractivity contribution in [3.8, 4) is 39.1 Å². The minimum Gasteiger partial charge on any atom is -0.535 e. The van der Waals surface area contributed by atoms with Gasteiger partial charge in [-0.3, -0.25) is 0 Å². The number of para-hydroxylation sites is 6. The van der Waals surface area contributed by atoms with Gasteiger partial charge in [-0.05, 0) is 142 Å². The topological polar surface area (TPSA) is 62.2 Å². The molecule has 0 amide bonds. The average Bonchev–Trinajstić information content (AvgIpc) is 1.71. The molecule has 2 aliphatic rings. The van der Waals surface area contributed by atoms with Crippen LogP contribution in [0.4, 0.5) is 34.1 Å². The van der Waals surface area contributed by atoms with Crippen molar-refractivity contribution in [3.63, 3.8) is 0 Å². The molecule has 12 aromatic carbocycles. The Bertz CT molecular complexity index is 4700. The Morgan fingerprint density at radius 2 is 0.698 bits per heavy atom. The molecular weight excluding hydrogens is 1120 g/mol. The van der Waals surface area contributed by atoms with E-state index in [-0.39, 0.29) is 10.8 Å². The number of nitrogens with zero attached hydrogens (tertiary/aromatic N) is 2. The largest absolute Gasteiger partial charge is 0.569 e. The van der Waals surface area contributed by atoms with Crippen LogP contribution in [0.3, 0.4) is 0 Å². The van der Waals surface area contributed by atoms with Crippen LogP contribution in [0.2, 0.25) is 0 Å². The smallest absolute Gasteiger partial charge is 0.535 e. The molecule has 0 saturated carbocycles. The zero-order valence-corrected chi connectivity index (χ0v) is 49.7. The monoisotopic (exact) mass is 1180 g/mol. The quantitative estimate of drug-likeness (QED) is 0.145. The number of halogens is 1. The Hall–Kier alpha value is -9.86. The summed E-state index contributed by atoms with van der Waals surface area (Å²) < 4.78 is 19.4. The fourth-order valence-corrected chi connectivity index (χ4v) is 13.4. The third kappa shape index (κ3) is 9.43. The van der Waals surface area contributed by atoms with Crippen molar-refractivity contribution in [2.45, 2.75) is 38.5 Å². The standard InChI is InChI=1S/C39H29NO.C21H16BO3.C18H14BrN/c1-39(2)35-19-10-9-16-31(35)32-24-25-34-33-18-11-17-30(37(33)41-38(34)36(32)39)26-20-22-29(23-21-26)40(27-12-5-3-6-13-27)28-14-7-4-8-15-28;1-21(2)16-8-4-3-6-12(16)13-10-11-15-14-7-5-9-17(25-22-23)19(14)24-20(15)18(13)21;19-15-11-13-18(14-12-15)20(16-7-3-1-4-8-16)17-9-5-2-6-10-17/h3-25H,1-2H3;3-11,23H,1-2H3;1-14H. The second-order valence-corrected chi connectivity index (χ2v) is 23.8. The molecule has 2 aromatic heterocycles. The highest BCUT2D eigenvalue weighted by Crippen LogP contribution is 2.55. The summed E-state index contributed by atoms with van der Waals surface area (Å²) in [5.41, 5.74) is 22.6. The molecule has 8 heteroatoms. The van der Waals surface area contributed by atoms with Gasteiger partial charge in [-0.1, -0.05) is 220 Å². The van der Waals surface area contributed by atoms with E-state index >= 15 is 0 Å². The van der Waals surface area contributed by atoms with E-state index in [1.165, 1.54) is 49.9 Å². The summed E-state index contributed by atoms with van der Waals surface area (Å²) in [6, 6.07) is 97.3. The molecule has 0 fully saturated rings. The van der Waals surface area contributed by atoms with Crippen molar-refractivity contribution in [1.82, 2.24) is 0 Å². The molecular formula is C78H59BBrN2O4. The van der Waals surface area contributed by atoms with Gasteiger partial charge in [0, 0.05) is 87.7 Å². The molecule has 2 heterocycles. The van der Waals surface area contributed by atoms with Crippen molar-refractivity contribution in [3.05, 3.63) is 306 Å². The number of furan rings is 2. The average molecular weight is 1180 g/mol. The summed E-state index contributed by atoms with van der Waals surface area (Å²) in [6.07, 6.45) is 0. The molecule has 16 rings (SSSR count). The van der Waals surface area contributed by atoms with Gasteiger partial charge in [0.2, 0.25) is 0 Å². The van der Waals surface area contributed by atoms with E-state index in [0.717, 1.165) is 82.6 Å². The maximum atomic E-state index is 9.02. The molecule has 86 heavy (non-hydrogen) atoms. The molecule has 0 saturated heterocycles. The fraction of sp³-hybridized carbons (Fsp3) is 0.0769. The van der Waals surface area contributed by atoms with Gasteiger partial charge in [0.25, 0.3) is 0 Å². The van der Waals surface area contributed by atoms with E-state index in [2.05, 4.69) is 302 Å². The second kappa shape index (κ2) is 22.3. The zero-order valence-electron chi connectivity index (χ0n) is 48.1.